The summed E-state index contributed by atoms with van der Waals surface area (Å²) in [6.45, 7) is 1.95. The van der Waals surface area contributed by atoms with E-state index in [1.165, 1.54) is 0 Å². The van der Waals surface area contributed by atoms with Crippen molar-refractivity contribution in [1.82, 2.24) is 14.9 Å². The number of nitrogens with zero attached hydrogens (tertiary/aromatic N) is 2. The molecule has 0 aliphatic carbocycles. The van der Waals surface area contributed by atoms with Crippen molar-refractivity contribution >= 4 is 17.5 Å². The zero-order chi connectivity index (χ0) is 21.9. The number of methoxy groups -OCH3 is 1. The largest absolute Gasteiger partial charge is 0.491 e. The second-order valence-corrected chi connectivity index (χ2v) is 6.85. The Bertz CT molecular complexity index is 972. The van der Waals surface area contributed by atoms with Crippen molar-refractivity contribution in [2.24, 2.45) is 0 Å². The van der Waals surface area contributed by atoms with Crippen LogP contribution in [0.2, 0.25) is 0 Å². The fourth-order valence-corrected chi connectivity index (χ4v) is 2.84. The Morgan fingerprint density at radius 2 is 1.94 bits per heavy atom. The molecule has 0 aliphatic heterocycles. The standard InChI is InChI=1S/C23H26N4O4/c1-30-13-14-31-21-7-5-18(6-8-21)16-25-23(29)19-3-2-4-20(15-19)26-22(28)9-11-27-12-10-24-17-27/h2-8,10,12,15,17H,9,11,13-14,16H2,1H3,(H,25,29)(H,26,28). The quantitative estimate of drug-likeness (QED) is 0.464. The second kappa shape index (κ2) is 11.5. The van der Waals surface area contributed by atoms with Crippen LogP contribution < -0.4 is 15.4 Å². The fourth-order valence-electron chi connectivity index (χ4n) is 2.84. The highest BCUT2D eigenvalue weighted by Crippen LogP contribution is 2.14. The van der Waals surface area contributed by atoms with Crippen LogP contribution in [-0.4, -0.2) is 41.7 Å². The highest BCUT2D eigenvalue weighted by molar-refractivity contribution is 5.97. The number of carbonyl (C=O) groups excluding carboxylic acids is 2. The van der Waals surface area contributed by atoms with Gasteiger partial charge in [0.05, 0.1) is 12.9 Å². The molecule has 2 N–H and O–H groups in total. The first-order valence-electron chi connectivity index (χ1n) is 9.98. The van der Waals surface area contributed by atoms with Gasteiger partial charge in [0.1, 0.15) is 12.4 Å². The zero-order valence-electron chi connectivity index (χ0n) is 17.4. The number of amides is 2. The summed E-state index contributed by atoms with van der Waals surface area (Å²) in [6, 6.07) is 14.4. The van der Waals surface area contributed by atoms with Crippen molar-refractivity contribution in [2.45, 2.75) is 19.5 Å². The van der Waals surface area contributed by atoms with Crippen LogP contribution in [0.25, 0.3) is 0 Å². The third-order valence-electron chi connectivity index (χ3n) is 4.50. The Hall–Kier alpha value is -3.65. The molecule has 0 atom stereocenters. The number of carbonyl (C=O) groups is 2. The van der Waals surface area contributed by atoms with Crippen molar-refractivity contribution in [3.05, 3.63) is 78.4 Å². The van der Waals surface area contributed by atoms with Crippen LogP contribution in [0.4, 0.5) is 5.69 Å². The highest BCUT2D eigenvalue weighted by atomic mass is 16.5. The van der Waals surface area contributed by atoms with Gasteiger partial charge in [0, 0.05) is 50.3 Å². The van der Waals surface area contributed by atoms with Gasteiger partial charge in [-0.15, -0.1) is 0 Å². The minimum Gasteiger partial charge on any atom is -0.491 e. The number of anilines is 1. The molecule has 1 heterocycles. The van der Waals surface area contributed by atoms with Crippen molar-refractivity contribution in [1.29, 1.82) is 0 Å². The van der Waals surface area contributed by atoms with Gasteiger partial charge in [-0.05, 0) is 35.9 Å². The average molecular weight is 422 g/mol. The predicted octanol–water partition coefficient (Wildman–Crippen LogP) is 2.87. The van der Waals surface area contributed by atoms with Gasteiger partial charge in [-0.1, -0.05) is 18.2 Å². The molecule has 3 aromatic rings. The lowest BCUT2D eigenvalue weighted by molar-refractivity contribution is -0.116. The van der Waals surface area contributed by atoms with Crippen molar-refractivity contribution in [2.75, 3.05) is 25.6 Å². The monoisotopic (exact) mass is 422 g/mol. The maximum absolute atomic E-state index is 12.5. The molecule has 0 unspecified atom stereocenters. The smallest absolute Gasteiger partial charge is 0.251 e. The molecule has 0 radical (unpaired) electrons. The summed E-state index contributed by atoms with van der Waals surface area (Å²) in [7, 11) is 1.63. The fraction of sp³-hybridized carbons (Fsp3) is 0.261. The number of hydrogen-bond donors (Lipinski definition) is 2. The van der Waals surface area contributed by atoms with Crippen molar-refractivity contribution in [3.8, 4) is 5.75 Å². The van der Waals surface area contributed by atoms with E-state index in [4.69, 9.17) is 9.47 Å². The van der Waals surface area contributed by atoms with Gasteiger partial charge in [-0.3, -0.25) is 9.59 Å². The van der Waals surface area contributed by atoms with Crippen LogP contribution in [0, 0.1) is 0 Å². The molecule has 31 heavy (non-hydrogen) atoms. The molecule has 0 fully saturated rings. The molecule has 8 nitrogen and oxygen atoms in total. The maximum atomic E-state index is 12.5. The molecule has 0 bridgehead atoms. The van der Waals surface area contributed by atoms with Gasteiger partial charge >= 0.3 is 0 Å². The molecule has 0 saturated heterocycles. The Balaban J connectivity index is 1.47. The number of benzene rings is 2. The first-order chi connectivity index (χ1) is 15.1. The lowest BCUT2D eigenvalue weighted by atomic mass is 10.1. The second-order valence-electron chi connectivity index (χ2n) is 6.85. The van der Waals surface area contributed by atoms with E-state index in [2.05, 4.69) is 15.6 Å². The third-order valence-corrected chi connectivity index (χ3v) is 4.50. The van der Waals surface area contributed by atoms with Crippen LogP contribution in [-0.2, 0) is 22.6 Å². The highest BCUT2D eigenvalue weighted by Gasteiger charge is 2.08. The van der Waals surface area contributed by atoms with Crippen molar-refractivity contribution in [3.63, 3.8) is 0 Å². The maximum Gasteiger partial charge on any atom is 0.251 e. The number of ether oxygens (including phenoxy) is 2. The summed E-state index contributed by atoms with van der Waals surface area (Å²) in [5, 5.41) is 5.71. The van der Waals surface area contributed by atoms with E-state index < -0.39 is 0 Å². The van der Waals surface area contributed by atoms with Crippen LogP contribution in [0.1, 0.15) is 22.3 Å². The molecular weight excluding hydrogens is 396 g/mol. The first kappa shape index (κ1) is 22.0. The first-order valence-corrected chi connectivity index (χ1v) is 9.98. The summed E-state index contributed by atoms with van der Waals surface area (Å²) >= 11 is 0. The van der Waals surface area contributed by atoms with E-state index in [-0.39, 0.29) is 11.8 Å². The van der Waals surface area contributed by atoms with E-state index in [9.17, 15) is 9.59 Å². The Labute approximate surface area is 181 Å². The van der Waals surface area contributed by atoms with Gasteiger partial charge in [0.2, 0.25) is 5.91 Å². The van der Waals surface area contributed by atoms with Crippen LogP contribution in [0.15, 0.2) is 67.3 Å². The Morgan fingerprint density at radius 3 is 2.68 bits per heavy atom. The van der Waals surface area contributed by atoms with Gasteiger partial charge < -0.3 is 24.7 Å². The summed E-state index contributed by atoms with van der Waals surface area (Å²) in [4.78, 5) is 28.6. The predicted molar refractivity (Wildman–Crippen MR) is 117 cm³/mol. The third kappa shape index (κ3) is 7.27. The summed E-state index contributed by atoms with van der Waals surface area (Å²) < 4.78 is 12.3. The van der Waals surface area contributed by atoms with E-state index in [1.807, 2.05) is 28.8 Å². The molecule has 0 aliphatic rings. The van der Waals surface area contributed by atoms with E-state index in [1.54, 1.807) is 50.1 Å². The Kier molecular flexibility index (Phi) is 8.19. The number of nitrogens with one attached hydrogen (secondary N) is 2. The van der Waals surface area contributed by atoms with Gasteiger partial charge in [-0.2, -0.15) is 0 Å². The minimum atomic E-state index is -0.213. The van der Waals surface area contributed by atoms with Gasteiger partial charge in [-0.25, -0.2) is 4.98 Å². The number of aromatic nitrogens is 2. The van der Waals surface area contributed by atoms with E-state index in [0.29, 0.717) is 44.0 Å². The number of imidazole rings is 1. The normalized spacial score (nSPS) is 10.5. The number of rotatable bonds is 11. The molecule has 1 aromatic heterocycles. The molecule has 3 rings (SSSR count). The summed E-state index contributed by atoms with van der Waals surface area (Å²) in [5.74, 6) is 0.414. The van der Waals surface area contributed by atoms with E-state index in [0.717, 1.165) is 11.3 Å². The van der Waals surface area contributed by atoms with Gasteiger partial charge in [0.15, 0.2) is 0 Å². The molecule has 2 amide bonds. The molecule has 8 heteroatoms. The van der Waals surface area contributed by atoms with Crippen LogP contribution >= 0.6 is 0 Å². The molecule has 162 valence electrons. The zero-order valence-corrected chi connectivity index (χ0v) is 17.4. The topological polar surface area (TPSA) is 94.5 Å². The molecule has 2 aromatic carbocycles. The van der Waals surface area contributed by atoms with Crippen LogP contribution in [0.3, 0.4) is 0 Å². The lowest BCUT2D eigenvalue weighted by Gasteiger charge is -2.10. The SMILES string of the molecule is COCCOc1ccc(CNC(=O)c2cccc(NC(=O)CCn3ccnc3)c2)cc1. The van der Waals surface area contributed by atoms with Gasteiger partial charge in [0.25, 0.3) is 5.91 Å². The average Bonchev–Trinajstić information content (AvgIpc) is 3.31. The van der Waals surface area contributed by atoms with Crippen molar-refractivity contribution < 1.29 is 19.1 Å². The molecule has 0 spiro atoms. The van der Waals surface area contributed by atoms with E-state index >= 15 is 0 Å². The summed E-state index contributed by atoms with van der Waals surface area (Å²) in [6.07, 6.45) is 5.46. The number of hydrogen-bond acceptors (Lipinski definition) is 5. The van der Waals surface area contributed by atoms with Crippen LogP contribution in [0.5, 0.6) is 5.75 Å². The molecule has 0 saturated carbocycles. The lowest BCUT2D eigenvalue weighted by Crippen LogP contribution is -2.23. The molecular formula is C23H26N4O4. The summed E-state index contributed by atoms with van der Waals surface area (Å²) in [5.41, 5.74) is 2.02. The minimum absolute atomic E-state index is 0.126. The number of aryl methyl sites for hydroxylation is 1. The Morgan fingerprint density at radius 1 is 1.10 bits per heavy atom.